The number of benzene rings is 1. The van der Waals surface area contributed by atoms with Crippen molar-refractivity contribution in [1.82, 2.24) is 4.57 Å². The molecular formula is C18H23ClN2O2. The van der Waals surface area contributed by atoms with Crippen LogP contribution in [-0.4, -0.2) is 23.7 Å². The summed E-state index contributed by atoms with van der Waals surface area (Å²) in [5.74, 6) is -0.404. The molecule has 1 aromatic carbocycles. The third-order valence-corrected chi connectivity index (χ3v) is 4.29. The second-order valence-corrected chi connectivity index (χ2v) is 5.93. The molecule has 0 fully saturated rings. The summed E-state index contributed by atoms with van der Waals surface area (Å²) in [6.07, 6.45) is 0.891. The molecule has 0 saturated carbocycles. The standard InChI is InChI=1S/C18H23ClN2O2/c1-4-23-11-5-10-21-12(2)16(17(13(21)3)18(20)22)14-6-8-15(19)9-7-14/h6-9H,4-5,10-11H2,1-3H3,(H2,20,22). The minimum atomic E-state index is -0.404. The van der Waals surface area contributed by atoms with E-state index in [2.05, 4.69) is 4.57 Å². The molecule has 0 radical (unpaired) electrons. The number of amides is 1. The van der Waals surface area contributed by atoms with Gasteiger partial charge in [-0.3, -0.25) is 4.79 Å². The molecule has 23 heavy (non-hydrogen) atoms. The number of nitrogens with zero attached hydrogens (tertiary/aromatic N) is 1. The lowest BCUT2D eigenvalue weighted by molar-refractivity contribution is 0.1000. The Hall–Kier alpha value is -1.78. The molecule has 1 heterocycles. The monoisotopic (exact) mass is 334 g/mol. The van der Waals surface area contributed by atoms with Gasteiger partial charge in [-0.05, 0) is 44.9 Å². The first-order chi connectivity index (χ1) is 11.0. The zero-order valence-electron chi connectivity index (χ0n) is 13.9. The first-order valence-electron chi connectivity index (χ1n) is 7.80. The Bertz CT molecular complexity index is 690. The van der Waals surface area contributed by atoms with Crippen molar-refractivity contribution < 1.29 is 9.53 Å². The molecule has 0 aliphatic carbocycles. The van der Waals surface area contributed by atoms with Crippen LogP contribution in [0.5, 0.6) is 0 Å². The summed E-state index contributed by atoms with van der Waals surface area (Å²) in [5.41, 5.74) is 10.0. The summed E-state index contributed by atoms with van der Waals surface area (Å²) >= 11 is 5.97. The highest BCUT2D eigenvalue weighted by Gasteiger charge is 2.22. The van der Waals surface area contributed by atoms with Crippen molar-refractivity contribution in [2.45, 2.75) is 33.7 Å². The molecule has 0 aliphatic heterocycles. The maximum absolute atomic E-state index is 12.0. The lowest BCUT2D eigenvalue weighted by Gasteiger charge is -2.10. The molecule has 0 saturated heterocycles. The van der Waals surface area contributed by atoms with Gasteiger partial charge in [0.05, 0.1) is 5.56 Å². The van der Waals surface area contributed by atoms with Crippen molar-refractivity contribution in [3.63, 3.8) is 0 Å². The maximum atomic E-state index is 12.0. The van der Waals surface area contributed by atoms with E-state index in [4.69, 9.17) is 22.1 Å². The van der Waals surface area contributed by atoms with Gasteiger partial charge in [-0.1, -0.05) is 23.7 Å². The van der Waals surface area contributed by atoms with Crippen molar-refractivity contribution >= 4 is 17.5 Å². The van der Waals surface area contributed by atoms with Crippen LogP contribution in [0.25, 0.3) is 11.1 Å². The van der Waals surface area contributed by atoms with Crippen molar-refractivity contribution in [1.29, 1.82) is 0 Å². The highest BCUT2D eigenvalue weighted by Crippen LogP contribution is 2.33. The summed E-state index contributed by atoms with van der Waals surface area (Å²) in [6.45, 7) is 8.15. The average molecular weight is 335 g/mol. The molecule has 0 spiro atoms. The third-order valence-electron chi connectivity index (χ3n) is 4.04. The SMILES string of the molecule is CCOCCCn1c(C)c(C(N)=O)c(-c2ccc(Cl)cc2)c1C. The van der Waals surface area contributed by atoms with Gasteiger partial charge in [0.1, 0.15) is 0 Å². The number of rotatable bonds is 7. The summed E-state index contributed by atoms with van der Waals surface area (Å²) in [6, 6.07) is 7.48. The third kappa shape index (κ3) is 3.77. The Labute approximate surface area is 142 Å². The largest absolute Gasteiger partial charge is 0.382 e. The van der Waals surface area contributed by atoms with E-state index in [-0.39, 0.29) is 0 Å². The lowest BCUT2D eigenvalue weighted by atomic mass is 10.0. The highest BCUT2D eigenvalue weighted by molar-refractivity contribution is 6.30. The number of hydrogen-bond donors (Lipinski definition) is 1. The number of nitrogens with two attached hydrogens (primary N) is 1. The molecule has 2 aromatic rings. The number of carbonyl (C=O) groups excluding carboxylic acids is 1. The summed E-state index contributed by atoms with van der Waals surface area (Å²) in [7, 11) is 0. The first-order valence-corrected chi connectivity index (χ1v) is 8.18. The number of carbonyl (C=O) groups is 1. The van der Waals surface area contributed by atoms with Gasteiger partial charge < -0.3 is 15.0 Å². The summed E-state index contributed by atoms with van der Waals surface area (Å²) in [4.78, 5) is 12.0. The Morgan fingerprint density at radius 2 is 1.87 bits per heavy atom. The Balaban J connectivity index is 2.44. The van der Waals surface area contributed by atoms with Crippen LogP contribution in [-0.2, 0) is 11.3 Å². The van der Waals surface area contributed by atoms with E-state index in [0.717, 1.165) is 35.5 Å². The van der Waals surface area contributed by atoms with Crippen molar-refractivity contribution in [2.24, 2.45) is 5.73 Å². The van der Waals surface area contributed by atoms with Gasteiger partial charge in [0.2, 0.25) is 0 Å². The van der Waals surface area contributed by atoms with E-state index in [1.165, 1.54) is 0 Å². The molecule has 0 bridgehead atoms. The Morgan fingerprint density at radius 1 is 1.22 bits per heavy atom. The fourth-order valence-corrected chi connectivity index (χ4v) is 3.09. The van der Waals surface area contributed by atoms with Crippen LogP contribution in [0.4, 0.5) is 0 Å². The molecule has 4 nitrogen and oxygen atoms in total. The van der Waals surface area contributed by atoms with E-state index in [9.17, 15) is 4.79 Å². The average Bonchev–Trinajstić information content (AvgIpc) is 2.76. The predicted octanol–water partition coefficient (Wildman–Crippen LogP) is 3.95. The molecule has 0 atom stereocenters. The number of primary amides is 1. The quantitative estimate of drug-likeness (QED) is 0.779. The van der Waals surface area contributed by atoms with Crippen LogP contribution >= 0.6 is 11.6 Å². The van der Waals surface area contributed by atoms with Gasteiger partial charge >= 0.3 is 0 Å². The lowest BCUT2D eigenvalue weighted by Crippen LogP contribution is -2.13. The molecule has 0 unspecified atom stereocenters. The fraction of sp³-hybridized carbons (Fsp3) is 0.389. The number of hydrogen-bond acceptors (Lipinski definition) is 2. The van der Waals surface area contributed by atoms with Crippen LogP contribution in [0.3, 0.4) is 0 Å². The van der Waals surface area contributed by atoms with E-state index >= 15 is 0 Å². The smallest absolute Gasteiger partial charge is 0.251 e. The maximum Gasteiger partial charge on any atom is 0.251 e. The molecule has 5 heteroatoms. The van der Waals surface area contributed by atoms with Gasteiger partial charge in [-0.2, -0.15) is 0 Å². The van der Waals surface area contributed by atoms with Crippen molar-refractivity contribution in [3.8, 4) is 11.1 Å². The van der Waals surface area contributed by atoms with Crippen LogP contribution in [0.1, 0.15) is 35.1 Å². The zero-order valence-corrected chi connectivity index (χ0v) is 14.6. The van der Waals surface area contributed by atoms with Gasteiger partial charge in [0.15, 0.2) is 0 Å². The van der Waals surface area contributed by atoms with Crippen molar-refractivity contribution in [3.05, 3.63) is 46.2 Å². The van der Waals surface area contributed by atoms with E-state index in [0.29, 0.717) is 23.8 Å². The minimum Gasteiger partial charge on any atom is -0.382 e. The second-order valence-electron chi connectivity index (χ2n) is 5.49. The Kier molecular flexibility index (Phi) is 5.85. The molecule has 1 amide bonds. The molecule has 124 valence electrons. The summed E-state index contributed by atoms with van der Waals surface area (Å²) < 4.78 is 7.54. The predicted molar refractivity (Wildman–Crippen MR) is 94.0 cm³/mol. The van der Waals surface area contributed by atoms with E-state index in [1.54, 1.807) is 0 Å². The highest BCUT2D eigenvalue weighted by atomic mass is 35.5. The van der Waals surface area contributed by atoms with Crippen molar-refractivity contribution in [2.75, 3.05) is 13.2 Å². The Morgan fingerprint density at radius 3 is 2.43 bits per heavy atom. The molecule has 1 aromatic heterocycles. The minimum absolute atomic E-state index is 0.404. The van der Waals surface area contributed by atoms with Gasteiger partial charge in [-0.15, -0.1) is 0 Å². The fourth-order valence-electron chi connectivity index (χ4n) is 2.96. The second kappa shape index (κ2) is 7.66. The van der Waals surface area contributed by atoms with E-state index < -0.39 is 5.91 Å². The van der Waals surface area contributed by atoms with Crippen LogP contribution in [0, 0.1) is 13.8 Å². The van der Waals surface area contributed by atoms with Crippen LogP contribution < -0.4 is 5.73 Å². The molecule has 2 rings (SSSR count). The van der Waals surface area contributed by atoms with Gasteiger partial charge in [0, 0.05) is 41.7 Å². The topological polar surface area (TPSA) is 57.2 Å². The van der Waals surface area contributed by atoms with Crippen LogP contribution in [0.15, 0.2) is 24.3 Å². The molecular weight excluding hydrogens is 312 g/mol. The number of halogens is 1. The zero-order chi connectivity index (χ0) is 17.0. The van der Waals surface area contributed by atoms with Gasteiger partial charge in [-0.25, -0.2) is 0 Å². The van der Waals surface area contributed by atoms with E-state index in [1.807, 2.05) is 45.0 Å². The van der Waals surface area contributed by atoms with Gasteiger partial charge in [0.25, 0.3) is 5.91 Å². The number of ether oxygens (including phenoxy) is 1. The summed E-state index contributed by atoms with van der Waals surface area (Å²) in [5, 5.41) is 0.667. The van der Waals surface area contributed by atoms with Crippen LogP contribution in [0.2, 0.25) is 5.02 Å². The molecule has 0 aliphatic rings. The first kappa shape index (κ1) is 17.6. The number of aromatic nitrogens is 1. The molecule has 2 N–H and O–H groups in total. The normalized spacial score (nSPS) is 11.0.